The van der Waals surface area contributed by atoms with Crippen molar-refractivity contribution in [2.45, 2.75) is 64.3 Å². The van der Waals surface area contributed by atoms with Crippen molar-refractivity contribution in [3.8, 4) is 5.75 Å². The van der Waals surface area contributed by atoms with Crippen LogP contribution in [0.15, 0.2) is 38.4 Å². The number of hydrogen-bond donors (Lipinski definition) is 0. The van der Waals surface area contributed by atoms with E-state index in [9.17, 15) is 9.59 Å². The molecule has 0 spiro atoms. The number of benzene rings is 1. The molecule has 196 valence electrons. The first-order valence-corrected chi connectivity index (χ1v) is 17.4. The number of allylic oxidation sites excluding steroid dienone is 1. The molecule has 5 rings (SSSR count). The third-order valence-corrected chi connectivity index (χ3v) is 13.3. The summed E-state index contributed by atoms with van der Waals surface area (Å²) in [7, 11) is 0. The number of morpholine rings is 1. The summed E-state index contributed by atoms with van der Waals surface area (Å²) < 4.78 is 14.6. The average molecular weight is 628 g/mol. The number of aliphatic imine (C=N–C) groups is 1. The van der Waals surface area contributed by atoms with Crippen molar-refractivity contribution in [2.75, 3.05) is 35.2 Å². The number of carbonyl (C=O) groups is 2. The van der Waals surface area contributed by atoms with Crippen molar-refractivity contribution in [3.05, 3.63) is 38.4 Å². The van der Waals surface area contributed by atoms with Crippen LogP contribution < -0.4 is 4.74 Å². The van der Waals surface area contributed by atoms with E-state index in [-0.39, 0.29) is 30.1 Å². The first kappa shape index (κ1) is 26.0. The zero-order valence-electron chi connectivity index (χ0n) is 21.1. The third-order valence-electron chi connectivity index (χ3n) is 7.23. The summed E-state index contributed by atoms with van der Waals surface area (Å²) in [5.41, 5.74) is 1.84. The van der Waals surface area contributed by atoms with E-state index >= 15 is 0 Å². The molecule has 2 fully saturated rings. The molecule has 2 atom stereocenters. The van der Waals surface area contributed by atoms with Gasteiger partial charge in [0, 0.05) is 0 Å². The number of piperidine rings is 1. The van der Waals surface area contributed by atoms with Gasteiger partial charge in [-0.3, -0.25) is 0 Å². The van der Waals surface area contributed by atoms with Gasteiger partial charge >= 0.3 is 226 Å². The molecule has 1 aromatic rings. The van der Waals surface area contributed by atoms with Crippen molar-refractivity contribution in [1.82, 2.24) is 9.80 Å². The number of carbonyl (C=O) groups excluding carboxylic acids is 2. The Labute approximate surface area is 225 Å². The molecule has 7 nitrogen and oxygen atoms in total. The van der Waals surface area contributed by atoms with Crippen LogP contribution in [0.25, 0.3) is 0 Å². The molecule has 0 aromatic heterocycles. The SMILES string of the molecule is C[C@@H]1CN(C(=O)C2=NCI(CC(=O)N3CCC(Oc4ccccc4Cl)CC3)C3=C2CCC3)C[C@H](C)O1. The summed E-state index contributed by atoms with van der Waals surface area (Å²) in [5, 5.41) is 0.622. The Morgan fingerprint density at radius 3 is 2.56 bits per heavy atom. The number of alkyl halides is 2. The summed E-state index contributed by atoms with van der Waals surface area (Å²) in [6.07, 6.45) is 4.80. The van der Waals surface area contributed by atoms with Crippen molar-refractivity contribution >= 4 is 48.9 Å². The van der Waals surface area contributed by atoms with E-state index in [1.54, 1.807) is 0 Å². The topological polar surface area (TPSA) is 71.4 Å². The third kappa shape index (κ3) is 5.75. The van der Waals surface area contributed by atoms with Crippen LogP contribution in [0.3, 0.4) is 0 Å². The Balaban J connectivity index is 1.17. The molecular formula is C27H35ClIN3O4. The number of amides is 2. The molecule has 0 radical (unpaired) electrons. The van der Waals surface area contributed by atoms with Crippen molar-refractivity contribution < 1.29 is 19.1 Å². The summed E-state index contributed by atoms with van der Waals surface area (Å²) in [4.78, 5) is 35.4. The van der Waals surface area contributed by atoms with E-state index < -0.39 is 19.8 Å². The van der Waals surface area contributed by atoms with E-state index in [2.05, 4.69) is 0 Å². The molecule has 0 saturated carbocycles. The van der Waals surface area contributed by atoms with Gasteiger partial charge in [-0.2, -0.15) is 0 Å². The molecule has 1 aliphatic carbocycles. The predicted octanol–water partition coefficient (Wildman–Crippen LogP) is 4.70. The van der Waals surface area contributed by atoms with Crippen LogP contribution in [-0.4, -0.2) is 80.8 Å². The second kappa shape index (κ2) is 11.4. The van der Waals surface area contributed by atoms with Gasteiger partial charge < -0.3 is 0 Å². The molecule has 2 saturated heterocycles. The molecule has 3 aliphatic heterocycles. The van der Waals surface area contributed by atoms with E-state index in [1.807, 2.05) is 47.9 Å². The Bertz CT molecular complexity index is 1060. The van der Waals surface area contributed by atoms with Crippen LogP contribution in [0.1, 0.15) is 46.0 Å². The van der Waals surface area contributed by atoms with Crippen LogP contribution in [0.2, 0.25) is 5.02 Å². The molecule has 0 N–H and O–H groups in total. The first-order chi connectivity index (χ1) is 17.4. The number of halogens is 2. The average Bonchev–Trinajstić information content (AvgIpc) is 3.36. The molecule has 3 heterocycles. The first-order valence-electron chi connectivity index (χ1n) is 12.9. The zero-order chi connectivity index (χ0) is 25.2. The standard InChI is InChI=1S/C27H35ClIN3O4/c1-18-15-32(16-19(2)35-18)27(34)26-21-6-5-8-23(21)29(17-30-26)14-25(33)31-12-10-20(11-13-31)36-24-9-4-3-7-22(24)28/h3-4,7,9,18-20H,5-6,8,10-17H2,1-2H3/t18-,19+. The number of rotatable bonds is 5. The van der Waals surface area contributed by atoms with Gasteiger partial charge in [-0.05, 0) is 0 Å². The molecule has 0 unspecified atom stereocenters. The summed E-state index contributed by atoms with van der Waals surface area (Å²) in [6, 6.07) is 7.54. The summed E-state index contributed by atoms with van der Waals surface area (Å²) in [5.74, 6) is 1.01. The van der Waals surface area contributed by atoms with Gasteiger partial charge in [0.05, 0.1) is 0 Å². The van der Waals surface area contributed by atoms with Gasteiger partial charge in [-0.25, -0.2) is 0 Å². The maximum absolute atomic E-state index is 13.4. The van der Waals surface area contributed by atoms with Crippen LogP contribution in [0.4, 0.5) is 0 Å². The minimum absolute atomic E-state index is 0.0408. The molecule has 9 heteroatoms. The van der Waals surface area contributed by atoms with Gasteiger partial charge in [0.25, 0.3) is 0 Å². The van der Waals surface area contributed by atoms with Crippen LogP contribution >= 0.6 is 31.4 Å². The fourth-order valence-corrected chi connectivity index (χ4v) is 11.4. The van der Waals surface area contributed by atoms with Crippen LogP contribution in [0, 0.1) is 0 Å². The quantitative estimate of drug-likeness (QED) is 0.270. The van der Waals surface area contributed by atoms with Gasteiger partial charge in [0.1, 0.15) is 0 Å². The second-order valence-electron chi connectivity index (χ2n) is 10.0. The van der Waals surface area contributed by atoms with Gasteiger partial charge in [-0.15, -0.1) is 0 Å². The number of ether oxygens (including phenoxy) is 2. The molecule has 36 heavy (non-hydrogen) atoms. The second-order valence-corrected chi connectivity index (χ2v) is 15.8. The number of likely N-dealkylation sites (tertiary alicyclic amines) is 1. The molecule has 0 bridgehead atoms. The summed E-state index contributed by atoms with van der Waals surface area (Å²) in [6.45, 7) is 6.68. The van der Waals surface area contributed by atoms with E-state index in [1.165, 1.54) is 9.15 Å². The summed E-state index contributed by atoms with van der Waals surface area (Å²) >= 11 is 4.49. The maximum atomic E-state index is 13.4. The zero-order valence-corrected chi connectivity index (χ0v) is 24.0. The van der Waals surface area contributed by atoms with Crippen molar-refractivity contribution in [2.24, 2.45) is 4.99 Å². The van der Waals surface area contributed by atoms with Crippen LogP contribution in [-0.2, 0) is 14.3 Å². The molecule has 4 aliphatic rings. The number of hydrogen-bond acceptors (Lipinski definition) is 5. The fraction of sp³-hybridized carbons (Fsp3) is 0.593. The van der Waals surface area contributed by atoms with E-state index in [0.717, 1.165) is 32.1 Å². The van der Waals surface area contributed by atoms with Crippen LogP contribution in [0.5, 0.6) is 5.75 Å². The monoisotopic (exact) mass is 627 g/mol. The Hall–Kier alpha value is -1.65. The van der Waals surface area contributed by atoms with Crippen molar-refractivity contribution in [3.63, 3.8) is 0 Å². The van der Waals surface area contributed by atoms with E-state index in [4.69, 9.17) is 26.1 Å². The normalized spacial score (nSPS) is 26.1. The number of nitrogens with zero attached hydrogens (tertiary/aromatic N) is 3. The molecular weight excluding hydrogens is 593 g/mol. The Morgan fingerprint density at radius 2 is 1.83 bits per heavy atom. The van der Waals surface area contributed by atoms with Gasteiger partial charge in [0.15, 0.2) is 0 Å². The van der Waals surface area contributed by atoms with E-state index in [0.29, 0.717) is 51.6 Å². The molecule has 1 aromatic carbocycles. The van der Waals surface area contributed by atoms with Gasteiger partial charge in [0.2, 0.25) is 0 Å². The Kier molecular flexibility index (Phi) is 8.22. The number of para-hydroxylation sites is 1. The van der Waals surface area contributed by atoms with Gasteiger partial charge in [-0.1, -0.05) is 0 Å². The predicted molar refractivity (Wildman–Crippen MR) is 150 cm³/mol. The Morgan fingerprint density at radius 1 is 1.11 bits per heavy atom. The minimum atomic E-state index is -1.74. The van der Waals surface area contributed by atoms with Crippen molar-refractivity contribution in [1.29, 1.82) is 0 Å². The fourth-order valence-electron chi connectivity index (χ4n) is 5.53. The molecule has 2 amide bonds.